The molecular weight excluding hydrogens is 196 g/mol. The average molecular weight is 218 g/mol. The van der Waals surface area contributed by atoms with Crippen molar-refractivity contribution in [2.24, 2.45) is 0 Å². The zero-order valence-electron chi connectivity index (χ0n) is 10.4. The van der Waals surface area contributed by atoms with Crippen LogP contribution in [0.5, 0.6) is 0 Å². The van der Waals surface area contributed by atoms with Crippen molar-refractivity contribution in [3.05, 3.63) is 48.0 Å². The molecule has 1 nitrogen and oxygen atoms in total. The number of unbranched alkanes of at least 4 members (excludes halogenated alkanes) is 2. The first-order valence-electron chi connectivity index (χ1n) is 6.07. The maximum atomic E-state index is 5.89. The maximum absolute atomic E-state index is 5.89. The molecule has 0 saturated heterocycles. The molecule has 0 spiro atoms. The Hall–Kier alpha value is -1.08. The van der Waals surface area contributed by atoms with Gasteiger partial charge in [0.15, 0.2) is 0 Å². The van der Waals surface area contributed by atoms with Crippen LogP contribution >= 0.6 is 0 Å². The van der Waals surface area contributed by atoms with Gasteiger partial charge in [0.2, 0.25) is 0 Å². The second kappa shape index (κ2) is 7.24. The molecule has 0 amide bonds. The zero-order valence-corrected chi connectivity index (χ0v) is 10.4. The third kappa shape index (κ3) is 4.19. The van der Waals surface area contributed by atoms with Gasteiger partial charge in [0.05, 0.1) is 0 Å². The molecule has 0 radical (unpaired) electrons. The van der Waals surface area contributed by atoms with E-state index in [4.69, 9.17) is 4.74 Å². The van der Waals surface area contributed by atoms with Crippen LogP contribution in [0.2, 0.25) is 0 Å². The Morgan fingerprint density at radius 2 is 1.94 bits per heavy atom. The van der Waals surface area contributed by atoms with E-state index < -0.39 is 0 Å². The highest BCUT2D eigenvalue weighted by Gasteiger charge is 2.11. The zero-order chi connectivity index (χ0) is 11.8. The number of rotatable bonds is 7. The molecular formula is C15H22O. The first-order chi connectivity index (χ1) is 7.75. The van der Waals surface area contributed by atoms with Crippen LogP contribution in [0.3, 0.4) is 0 Å². The van der Waals surface area contributed by atoms with Crippen LogP contribution in [-0.2, 0) is 4.74 Å². The van der Waals surface area contributed by atoms with Gasteiger partial charge >= 0.3 is 0 Å². The lowest BCUT2D eigenvalue weighted by atomic mass is 10.0. The second-order valence-corrected chi connectivity index (χ2v) is 4.21. The topological polar surface area (TPSA) is 9.23 Å². The molecule has 1 aromatic carbocycles. The van der Waals surface area contributed by atoms with E-state index in [0.29, 0.717) is 0 Å². The van der Waals surface area contributed by atoms with Gasteiger partial charge in [0.1, 0.15) is 6.10 Å². The third-order valence-corrected chi connectivity index (χ3v) is 2.58. The fraction of sp³-hybridized carbons (Fsp3) is 0.467. The summed E-state index contributed by atoms with van der Waals surface area (Å²) in [5, 5.41) is 0. The SMILES string of the molecule is C=C(C)C(OCCCCC)c1ccccc1. The van der Waals surface area contributed by atoms with Gasteiger partial charge in [-0.1, -0.05) is 56.7 Å². The van der Waals surface area contributed by atoms with Crippen molar-refractivity contribution in [2.45, 2.75) is 39.2 Å². The van der Waals surface area contributed by atoms with Crippen LogP contribution in [0.4, 0.5) is 0 Å². The molecule has 0 aliphatic heterocycles. The first-order valence-corrected chi connectivity index (χ1v) is 6.07. The molecule has 1 aromatic rings. The Morgan fingerprint density at radius 3 is 2.50 bits per heavy atom. The summed E-state index contributed by atoms with van der Waals surface area (Å²) in [7, 11) is 0. The summed E-state index contributed by atoms with van der Waals surface area (Å²) in [6.45, 7) is 9.05. The molecule has 1 unspecified atom stereocenters. The smallest absolute Gasteiger partial charge is 0.103 e. The highest BCUT2D eigenvalue weighted by molar-refractivity contribution is 5.24. The summed E-state index contributed by atoms with van der Waals surface area (Å²) in [5.41, 5.74) is 2.27. The predicted molar refractivity (Wildman–Crippen MR) is 69.5 cm³/mol. The Bertz CT molecular complexity index is 302. The fourth-order valence-electron chi connectivity index (χ4n) is 1.70. The lowest BCUT2D eigenvalue weighted by Gasteiger charge is -2.18. The Labute approximate surface area is 99.1 Å². The van der Waals surface area contributed by atoms with Gasteiger partial charge in [-0.25, -0.2) is 0 Å². The minimum absolute atomic E-state index is 0.0538. The van der Waals surface area contributed by atoms with E-state index in [0.717, 1.165) is 18.6 Å². The molecule has 1 rings (SSSR count). The molecule has 0 bridgehead atoms. The van der Waals surface area contributed by atoms with E-state index in [2.05, 4.69) is 25.6 Å². The van der Waals surface area contributed by atoms with Crippen molar-refractivity contribution in [2.75, 3.05) is 6.61 Å². The summed E-state index contributed by atoms with van der Waals surface area (Å²) in [5.74, 6) is 0. The molecule has 0 saturated carbocycles. The van der Waals surface area contributed by atoms with Crippen LogP contribution in [0, 0.1) is 0 Å². The molecule has 0 fully saturated rings. The minimum atomic E-state index is 0.0538. The van der Waals surface area contributed by atoms with Gasteiger partial charge in [-0.3, -0.25) is 0 Å². The number of hydrogen-bond acceptors (Lipinski definition) is 1. The lowest BCUT2D eigenvalue weighted by molar-refractivity contribution is 0.0747. The average Bonchev–Trinajstić information content (AvgIpc) is 2.30. The number of benzene rings is 1. The molecule has 0 aliphatic rings. The largest absolute Gasteiger partial charge is 0.369 e. The third-order valence-electron chi connectivity index (χ3n) is 2.58. The van der Waals surface area contributed by atoms with Crippen LogP contribution in [0.25, 0.3) is 0 Å². The monoisotopic (exact) mass is 218 g/mol. The Balaban J connectivity index is 2.52. The van der Waals surface area contributed by atoms with Gasteiger partial charge in [-0.2, -0.15) is 0 Å². The van der Waals surface area contributed by atoms with E-state index in [1.54, 1.807) is 0 Å². The molecule has 1 heteroatoms. The van der Waals surface area contributed by atoms with Crippen LogP contribution in [0.15, 0.2) is 42.5 Å². The van der Waals surface area contributed by atoms with Crippen molar-refractivity contribution in [3.63, 3.8) is 0 Å². The molecule has 0 aromatic heterocycles. The summed E-state index contributed by atoms with van der Waals surface area (Å²) in [6, 6.07) is 10.3. The summed E-state index contributed by atoms with van der Waals surface area (Å²) in [6.07, 6.45) is 3.65. The van der Waals surface area contributed by atoms with E-state index in [1.165, 1.54) is 18.4 Å². The van der Waals surface area contributed by atoms with Gasteiger partial charge < -0.3 is 4.74 Å². The predicted octanol–water partition coefficient (Wildman–Crippen LogP) is 4.51. The number of ether oxygens (including phenoxy) is 1. The number of hydrogen-bond donors (Lipinski definition) is 0. The summed E-state index contributed by atoms with van der Waals surface area (Å²) >= 11 is 0. The highest BCUT2D eigenvalue weighted by Crippen LogP contribution is 2.24. The fourth-order valence-corrected chi connectivity index (χ4v) is 1.70. The standard InChI is InChI=1S/C15H22O/c1-4-5-9-12-16-15(13(2)3)14-10-7-6-8-11-14/h6-8,10-11,15H,2,4-5,9,12H2,1,3H3. The second-order valence-electron chi connectivity index (χ2n) is 4.21. The van der Waals surface area contributed by atoms with Crippen molar-refractivity contribution in [1.82, 2.24) is 0 Å². The van der Waals surface area contributed by atoms with E-state index in [9.17, 15) is 0 Å². The van der Waals surface area contributed by atoms with Crippen LogP contribution in [0.1, 0.15) is 44.8 Å². The van der Waals surface area contributed by atoms with Crippen molar-refractivity contribution in [1.29, 1.82) is 0 Å². The maximum Gasteiger partial charge on any atom is 0.103 e. The molecule has 0 aliphatic carbocycles. The van der Waals surface area contributed by atoms with E-state index in [1.807, 2.05) is 25.1 Å². The Morgan fingerprint density at radius 1 is 1.25 bits per heavy atom. The van der Waals surface area contributed by atoms with E-state index >= 15 is 0 Å². The van der Waals surface area contributed by atoms with Crippen LogP contribution in [-0.4, -0.2) is 6.61 Å². The minimum Gasteiger partial charge on any atom is -0.369 e. The molecule has 0 N–H and O–H groups in total. The quantitative estimate of drug-likeness (QED) is 0.483. The van der Waals surface area contributed by atoms with E-state index in [-0.39, 0.29) is 6.10 Å². The van der Waals surface area contributed by atoms with Gasteiger partial charge in [0, 0.05) is 6.61 Å². The van der Waals surface area contributed by atoms with Crippen LogP contribution < -0.4 is 0 Å². The summed E-state index contributed by atoms with van der Waals surface area (Å²) < 4.78 is 5.89. The molecule has 0 heterocycles. The summed E-state index contributed by atoms with van der Waals surface area (Å²) in [4.78, 5) is 0. The lowest BCUT2D eigenvalue weighted by Crippen LogP contribution is -2.06. The molecule has 16 heavy (non-hydrogen) atoms. The normalized spacial score (nSPS) is 12.4. The van der Waals surface area contributed by atoms with Crippen molar-refractivity contribution >= 4 is 0 Å². The van der Waals surface area contributed by atoms with Gasteiger partial charge in [-0.05, 0) is 24.5 Å². The van der Waals surface area contributed by atoms with Crippen molar-refractivity contribution < 1.29 is 4.74 Å². The van der Waals surface area contributed by atoms with Gasteiger partial charge in [-0.15, -0.1) is 0 Å². The molecule has 88 valence electrons. The Kier molecular flexibility index (Phi) is 5.87. The first kappa shape index (κ1) is 13.0. The van der Waals surface area contributed by atoms with Gasteiger partial charge in [0.25, 0.3) is 0 Å². The highest BCUT2D eigenvalue weighted by atomic mass is 16.5. The molecule has 1 atom stereocenters. The van der Waals surface area contributed by atoms with Crippen molar-refractivity contribution in [3.8, 4) is 0 Å².